The van der Waals surface area contributed by atoms with E-state index in [-0.39, 0.29) is 12.3 Å². The van der Waals surface area contributed by atoms with Gasteiger partial charge in [0.25, 0.3) is 0 Å². The Kier molecular flexibility index (Phi) is 7.38. The lowest BCUT2D eigenvalue weighted by Crippen LogP contribution is -2.09. The number of aromatic nitrogens is 4. The van der Waals surface area contributed by atoms with Crippen LogP contribution in [0.5, 0.6) is 5.88 Å². The summed E-state index contributed by atoms with van der Waals surface area (Å²) in [4.78, 5) is 17.3. The number of fused-ring (bicyclic) bond motifs is 1. The number of benzene rings is 2. The van der Waals surface area contributed by atoms with Crippen molar-refractivity contribution in [2.75, 3.05) is 13.7 Å². The van der Waals surface area contributed by atoms with E-state index in [0.29, 0.717) is 35.9 Å². The Bertz CT molecular complexity index is 1620. The van der Waals surface area contributed by atoms with Crippen LogP contribution in [0.2, 0.25) is 0 Å². The molecule has 2 aromatic carbocycles. The van der Waals surface area contributed by atoms with Gasteiger partial charge >= 0.3 is 0 Å². The molecule has 0 atom stereocenters. The highest BCUT2D eigenvalue weighted by molar-refractivity contribution is 5.77. The fourth-order valence-electron chi connectivity index (χ4n) is 4.23. The van der Waals surface area contributed by atoms with Crippen LogP contribution < -0.4 is 4.74 Å². The first-order valence-corrected chi connectivity index (χ1v) is 12.2. The van der Waals surface area contributed by atoms with Gasteiger partial charge in [-0.3, -0.25) is 4.98 Å². The van der Waals surface area contributed by atoms with Gasteiger partial charge in [-0.15, -0.1) is 0 Å². The van der Waals surface area contributed by atoms with Crippen LogP contribution in [0.15, 0.2) is 72.9 Å². The van der Waals surface area contributed by atoms with Crippen LogP contribution in [0.4, 0.5) is 10.1 Å². The number of hydrogen-bond donors (Lipinski definition) is 0. The van der Waals surface area contributed by atoms with Gasteiger partial charge in [-0.1, -0.05) is 30.3 Å². The summed E-state index contributed by atoms with van der Waals surface area (Å²) in [5.41, 5.74) is 6.26. The molecule has 0 N–H and O–H groups in total. The van der Waals surface area contributed by atoms with Crippen LogP contribution >= 0.6 is 0 Å². The molecule has 0 radical (unpaired) electrons. The molecule has 5 aromatic rings. The number of nitrogens with zero attached hydrogens (tertiary/aromatic N) is 5. The van der Waals surface area contributed by atoms with Crippen LogP contribution in [0.3, 0.4) is 0 Å². The highest BCUT2D eigenvalue weighted by atomic mass is 19.1. The third-order valence-corrected chi connectivity index (χ3v) is 6.22. The molecule has 0 fully saturated rings. The van der Waals surface area contributed by atoms with E-state index >= 15 is 0 Å². The first-order chi connectivity index (χ1) is 18.5. The molecule has 0 spiro atoms. The van der Waals surface area contributed by atoms with Crippen LogP contribution in [0.25, 0.3) is 27.3 Å². The average molecular weight is 508 g/mol. The lowest BCUT2D eigenvalue weighted by atomic mass is 10.1. The molecule has 5 rings (SSSR count). The van der Waals surface area contributed by atoms with E-state index in [2.05, 4.69) is 44.5 Å². The fraction of sp³-hybridized carbons (Fsp3) is 0.200. The van der Waals surface area contributed by atoms with Gasteiger partial charge in [-0.05, 0) is 48.4 Å². The zero-order valence-corrected chi connectivity index (χ0v) is 21.2. The molecule has 0 unspecified atom stereocenters. The van der Waals surface area contributed by atoms with E-state index in [0.717, 1.165) is 29.0 Å². The minimum Gasteiger partial charge on any atom is -0.473 e. The Balaban J connectivity index is 1.31. The third kappa shape index (κ3) is 5.53. The van der Waals surface area contributed by atoms with Crippen molar-refractivity contribution >= 4 is 16.7 Å². The fourth-order valence-corrected chi connectivity index (χ4v) is 4.23. The number of ether oxygens (including phenoxy) is 2. The zero-order valence-electron chi connectivity index (χ0n) is 21.2. The lowest BCUT2D eigenvalue weighted by Gasteiger charge is -2.10. The number of imidazole rings is 1. The van der Waals surface area contributed by atoms with Crippen molar-refractivity contribution in [1.82, 2.24) is 19.5 Å². The maximum atomic E-state index is 14.2. The van der Waals surface area contributed by atoms with E-state index in [1.54, 1.807) is 25.3 Å². The Hall–Kier alpha value is -4.61. The highest BCUT2D eigenvalue weighted by Gasteiger charge is 2.13. The molecule has 0 saturated carbocycles. The normalized spacial score (nSPS) is 11.0. The maximum Gasteiger partial charge on any atom is 0.214 e. The molecule has 3 aromatic heterocycles. The number of pyridine rings is 2. The molecule has 38 heavy (non-hydrogen) atoms. The number of rotatable bonds is 9. The molecular formula is C30H26FN5O2. The van der Waals surface area contributed by atoms with Gasteiger partial charge < -0.3 is 14.0 Å². The average Bonchev–Trinajstić information content (AvgIpc) is 3.27. The van der Waals surface area contributed by atoms with Gasteiger partial charge in [0.1, 0.15) is 18.2 Å². The second-order valence-electron chi connectivity index (χ2n) is 8.93. The summed E-state index contributed by atoms with van der Waals surface area (Å²) in [6, 6.07) is 19.9. The third-order valence-electron chi connectivity index (χ3n) is 6.22. The largest absolute Gasteiger partial charge is 0.473 e. The van der Waals surface area contributed by atoms with Gasteiger partial charge in [-0.25, -0.2) is 19.2 Å². The van der Waals surface area contributed by atoms with Gasteiger partial charge in [0.15, 0.2) is 5.69 Å². The van der Waals surface area contributed by atoms with Crippen LogP contribution in [-0.2, 0) is 24.3 Å². The Morgan fingerprint density at radius 3 is 2.66 bits per heavy atom. The Morgan fingerprint density at radius 1 is 1.00 bits per heavy atom. The van der Waals surface area contributed by atoms with Crippen molar-refractivity contribution in [1.29, 1.82) is 0 Å². The Morgan fingerprint density at radius 2 is 1.89 bits per heavy atom. The molecule has 0 amide bonds. The number of methoxy groups -OCH3 is 1. The van der Waals surface area contributed by atoms with Gasteiger partial charge in [-0.2, -0.15) is 0 Å². The molecule has 0 bridgehead atoms. The van der Waals surface area contributed by atoms with Crippen molar-refractivity contribution in [3.8, 4) is 17.3 Å². The van der Waals surface area contributed by atoms with Crippen molar-refractivity contribution in [2.45, 2.75) is 26.5 Å². The van der Waals surface area contributed by atoms with E-state index in [1.807, 2.05) is 30.5 Å². The molecule has 190 valence electrons. The highest BCUT2D eigenvalue weighted by Crippen LogP contribution is 2.23. The molecular weight excluding hydrogens is 481 g/mol. The van der Waals surface area contributed by atoms with Crippen LogP contribution in [-0.4, -0.2) is 33.2 Å². The second-order valence-corrected chi connectivity index (χ2v) is 8.93. The van der Waals surface area contributed by atoms with Crippen molar-refractivity contribution in [2.24, 2.45) is 0 Å². The number of halogens is 1. The topological polar surface area (TPSA) is 66.4 Å². The predicted molar refractivity (Wildman–Crippen MR) is 144 cm³/mol. The van der Waals surface area contributed by atoms with E-state index in [4.69, 9.17) is 21.0 Å². The zero-order chi connectivity index (χ0) is 26.5. The maximum absolute atomic E-state index is 14.2. The van der Waals surface area contributed by atoms with Gasteiger partial charge in [0, 0.05) is 37.9 Å². The number of hydrogen-bond acceptors (Lipinski definition) is 5. The summed E-state index contributed by atoms with van der Waals surface area (Å²) in [6.45, 7) is 10.4. The summed E-state index contributed by atoms with van der Waals surface area (Å²) in [5.74, 6) is 0.851. The quantitative estimate of drug-likeness (QED) is 0.219. The lowest BCUT2D eigenvalue weighted by molar-refractivity contribution is 0.187. The predicted octanol–water partition coefficient (Wildman–Crippen LogP) is 6.31. The summed E-state index contributed by atoms with van der Waals surface area (Å²) < 4.78 is 27.4. The molecule has 0 saturated heterocycles. The van der Waals surface area contributed by atoms with Crippen LogP contribution in [0, 0.1) is 19.3 Å². The van der Waals surface area contributed by atoms with Gasteiger partial charge in [0.2, 0.25) is 5.88 Å². The number of aryl methyl sites for hydroxylation is 1. The second kappa shape index (κ2) is 11.2. The van der Waals surface area contributed by atoms with E-state index in [9.17, 15) is 4.39 Å². The van der Waals surface area contributed by atoms with Gasteiger partial charge in [0.05, 0.1) is 35.6 Å². The summed E-state index contributed by atoms with van der Waals surface area (Å²) in [6.07, 6.45) is 2.48. The smallest absolute Gasteiger partial charge is 0.214 e. The first-order valence-electron chi connectivity index (χ1n) is 12.2. The van der Waals surface area contributed by atoms with Crippen molar-refractivity contribution in [3.05, 3.63) is 113 Å². The molecule has 0 aliphatic rings. The molecule has 0 aliphatic carbocycles. The monoisotopic (exact) mass is 507 g/mol. The first kappa shape index (κ1) is 25.1. The summed E-state index contributed by atoms with van der Waals surface area (Å²) in [5, 5.41) is 0. The van der Waals surface area contributed by atoms with E-state index in [1.165, 1.54) is 11.6 Å². The minimum atomic E-state index is -0.474. The summed E-state index contributed by atoms with van der Waals surface area (Å²) in [7, 11) is 1.70. The molecule has 0 aliphatic heterocycles. The molecule has 7 nitrogen and oxygen atoms in total. The molecule has 3 heterocycles. The summed E-state index contributed by atoms with van der Waals surface area (Å²) >= 11 is 0. The molecule has 8 heteroatoms. The SMILES string of the molecule is [C-]#[N+]c1ccc(COc2cccc(-c3ccc(Cc4nc5ccc(C)cc5n4CCOC)cn3)n2)c(F)c1. The van der Waals surface area contributed by atoms with Crippen LogP contribution in [0.1, 0.15) is 22.5 Å². The van der Waals surface area contributed by atoms with Crippen molar-refractivity contribution < 1.29 is 13.9 Å². The van der Waals surface area contributed by atoms with Crippen molar-refractivity contribution in [3.63, 3.8) is 0 Å². The standard InChI is InChI=1S/C30H26FN5O2/c1-20-7-11-27-28(15-20)36(13-14-37-3)29(34-27)16-21-8-12-25(33-18-21)26-5-4-6-30(35-26)38-19-22-9-10-23(32-2)17-24(22)31/h4-12,15,17-18H,13-14,16,19H2,1,3H3. The van der Waals surface area contributed by atoms with E-state index < -0.39 is 5.82 Å². The Labute approximate surface area is 220 Å². The minimum absolute atomic E-state index is 0.0104.